The van der Waals surface area contributed by atoms with Crippen molar-refractivity contribution in [2.24, 2.45) is 0 Å². The van der Waals surface area contributed by atoms with E-state index >= 15 is 0 Å². The van der Waals surface area contributed by atoms with E-state index in [1.807, 2.05) is 0 Å². The van der Waals surface area contributed by atoms with E-state index in [9.17, 15) is 9.59 Å². The summed E-state index contributed by atoms with van der Waals surface area (Å²) in [4.78, 5) is 25.6. The number of carbonyl (C=O) groups is 2. The van der Waals surface area contributed by atoms with Crippen LogP contribution in [0.4, 0.5) is 0 Å². The minimum absolute atomic E-state index is 0.143. The second-order valence-electron chi connectivity index (χ2n) is 3.41. The fourth-order valence-electron chi connectivity index (χ4n) is 1.71. The van der Waals surface area contributed by atoms with Gasteiger partial charge in [-0.25, -0.2) is 4.79 Å². The first kappa shape index (κ1) is 11.7. The van der Waals surface area contributed by atoms with Crippen LogP contribution in [-0.4, -0.2) is 23.8 Å². The van der Waals surface area contributed by atoms with Crippen LogP contribution in [0.1, 0.15) is 27.8 Å². The molecule has 1 N–H and O–H groups in total. The molecule has 1 aromatic heterocycles. The molecule has 0 aliphatic carbocycles. The van der Waals surface area contributed by atoms with Gasteiger partial charge in [-0.05, 0) is 19.1 Å². The Morgan fingerprint density at radius 3 is 2.94 bits per heavy atom. The minimum Gasteiger partial charge on any atom is -0.461 e. The van der Waals surface area contributed by atoms with Gasteiger partial charge in [-0.1, -0.05) is 17.7 Å². The molecule has 2 rings (SSSR count). The number of benzene rings is 1. The lowest BCUT2D eigenvalue weighted by Gasteiger charge is -1.99. The number of halogens is 1. The molecule has 0 atom stereocenters. The Morgan fingerprint density at radius 2 is 2.29 bits per heavy atom. The summed E-state index contributed by atoms with van der Waals surface area (Å²) in [6, 6.07) is 5.15. The Labute approximate surface area is 103 Å². The third kappa shape index (κ3) is 1.91. The van der Waals surface area contributed by atoms with Crippen molar-refractivity contribution < 1.29 is 14.3 Å². The number of aromatic nitrogens is 1. The van der Waals surface area contributed by atoms with E-state index in [0.717, 1.165) is 0 Å². The maximum atomic E-state index is 11.6. The Bertz CT molecular complexity index is 589. The second-order valence-corrected chi connectivity index (χ2v) is 3.82. The molecule has 0 bridgehead atoms. The number of aldehydes is 1. The normalized spacial score (nSPS) is 10.5. The molecule has 2 aromatic rings. The van der Waals surface area contributed by atoms with Gasteiger partial charge >= 0.3 is 5.97 Å². The van der Waals surface area contributed by atoms with E-state index in [2.05, 4.69) is 4.98 Å². The second kappa shape index (κ2) is 4.59. The number of nitrogens with one attached hydrogen (secondary N) is 1. The van der Waals surface area contributed by atoms with Crippen LogP contribution in [0.3, 0.4) is 0 Å². The van der Waals surface area contributed by atoms with Crippen molar-refractivity contribution in [3.8, 4) is 0 Å². The van der Waals surface area contributed by atoms with Gasteiger partial charge in [0, 0.05) is 10.9 Å². The summed E-state index contributed by atoms with van der Waals surface area (Å²) < 4.78 is 4.87. The predicted octanol–water partition coefficient (Wildman–Crippen LogP) is 2.81. The number of hydrogen-bond acceptors (Lipinski definition) is 3. The molecule has 0 aliphatic rings. The molecule has 1 heterocycles. The molecule has 0 amide bonds. The summed E-state index contributed by atoms with van der Waals surface area (Å²) in [7, 11) is 0. The molecule has 0 aliphatic heterocycles. The average Bonchev–Trinajstić information content (AvgIpc) is 2.69. The number of fused-ring (bicyclic) bond motifs is 1. The largest absolute Gasteiger partial charge is 0.461 e. The maximum Gasteiger partial charge on any atom is 0.355 e. The van der Waals surface area contributed by atoms with E-state index in [1.54, 1.807) is 25.1 Å². The highest BCUT2D eigenvalue weighted by Gasteiger charge is 2.19. The summed E-state index contributed by atoms with van der Waals surface area (Å²) in [6.45, 7) is 1.95. The van der Waals surface area contributed by atoms with Crippen molar-refractivity contribution in [2.45, 2.75) is 6.92 Å². The smallest absolute Gasteiger partial charge is 0.355 e. The lowest BCUT2D eigenvalue weighted by Crippen LogP contribution is -2.07. The van der Waals surface area contributed by atoms with Crippen molar-refractivity contribution in [1.29, 1.82) is 0 Å². The highest BCUT2D eigenvalue weighted by molar-refractivity contribution is 6.36. The van der Waals surface area contributed by atoms with Crippen molar-refractivity contribution >= 4 is 34.8 Å². The van der Waals surface area contributed by atoms with Crippen LogP contribution in [0.5, 0.6) is 0 Å². The number of esters is 1. The quantitative estimate of drug-likeness (QED) is 0.674. The van der Waals surface area contributed by atoms with Crippen LogP contribution in [0.25, 0.3) is 10.9 Å². The lowest BCUT2D eigenvalue weighted by molar-refractivity contribution is 0.0518. The summed E-state index contributed by atoms with van der Waals surface area (Å²) in [5, 5.41) is 0.976. The summed E-state index contributed by atoms with van der Waals surface area (Å²) in [5.74, 6) is -0.554. The van der Waals surface area contributed by atoms with Crippen molar-refractivity contribution in [2.75, 3.05) is 6.61 Å². The Hall–Kier alpha value is -1.81. The van der Waals surface area contributed by atoms with Crippen LogP contribution in [0, 0.1) is 0 Å². The molecular formula is C12H10ClNO3. The molecule has 0 unspecified atom stereocenters. The summed E-state index contributed by atoms with van der Waals surface area (Å²) >= 11 is 6.01. The molecule has 88 valence electrons. The van der Waals surface area contributed by atoms with Gasteiger partial charge in [0.2, 0.25) is 0 Å². The van der Waals surface area contributed by atoms with Gasteiger partial charge in [-0.2, -0.15) is 0 Å². The first-order valence-corrected chi connectivity index (χ1v) is 5.49. The van der Waals surface area contributed by atoms with E-state index in [1.165, 1.54) is 0 Å². The molecule has 0 saturated heterocycles. The first-order valence-electron chi connectivity index (χ1n) is 5.11. The molecular weight excluding hydrogens is 242 g/mol. The van der Waals surface area contributed by atoms with Gasteiger partial charge < -0.3 is 9.72 Å². The molecule has 5 heteroatoms. The van der Waals surface area contributed by atoms with Gasteiger partial charge in [-0.3, -0.25) is 4.79 Å². The zero-order chi connectivity index (χ0) is 12.4. The lowest BCUT2D eigenvalue weighted by atomic mass is 10.1. The van der Waals surface area contributed by atoms with Crippen LogP contribution in [0.15, 0.2) is 18.2 Å². The molecule has 1 aromatic carbocycles. The minimum atomic E-state index is -0.554. The Balaban J connectivity index is 2.69. The van der Waals surface area contributed by atoms with E-state index in [0.29, 0.717) is 22.2 Å². The number of rotatable bonds is 3. The number of ether oxygens (including phenoxy) is 1. The number of H-pyrrole nitrogens is 1. The summed E-state index contributed by atoms with van der Waals surface area (Å²) in [6.07, 6.45) is 0.608. The third-order valence-electron chi connectivity index (χ3n) is 2.41. The highest BCUT2D eigenvalue weighted by Crippen LogP contribution is 2.28. The molecule has 4 nitrogen and oxygen atoms in total. The van der Waals surface area contributed by atoms with Crippen molar-refractivity contribution in [3.05, 3.63) is 34.5 Å². The molecule has 0 fully saturated rings. The number of carbonyl (C=O) groups excluding carboxylic acids is 2. The van der Waals surface area contributed by atoms with E-state index < -0.39 is 5.97 Å². The first-order chi connectivity index (χ1) is 8.19. The standard InChI is InChI=1S/C12H10ClNO3/c1-2-17-12(16)11-7(6-15)10-8(13)4-3-5-9(10)14-11/h3-6,14H,2H2,1H3. The predicted molar refractivity (Wildman–Crippen MR) is 64.7 cm³/mol. The van der Waals surface area contributed by atoms with E-state index in [-0.39, 0.29) is 17.9 Å². The highest BCUT2D eigenvalue weighted by atomic mass is 35.5. The van der Waals surface area contributed by atoms with Gasteiger partial charge in [0.25, 0.3) is 0 Å². The van der Waals surface area contributed by atoms with Gasteiger partial charge in [0.05, 0.1) is 17.2 Å². The fourth-order valence-corrected chi connectivity index (χ4v) is 1.99. The van der Waals surface area contributed by atoms with Crippen LogP contribution < -0.4 is 0 Å². The van der Waals surface area contributed by atoms with E-state index in [4.69, 9.17) is 16.3 Å². The Morgan fingerprint density at radius 1 is 1.53 bits per heavy atom. The van der Waals surface area contributed by atoms with Crippen molar-refractivity contribution in [1.82, 2.24) is 4.98 Å². The number of aromatic amines is 1. The third-order valence-corrected chi connectivity index (χ3v) is 2.72. The van der Waals surface area contributed by atoms with Crippen molar-refractivity contribution in [3.63, 3.8) is 0 Å². The molecule has 17 heavy (non-hydrogen) atoms. The van der Waals surface area contributed by atoms with Gasteiger partial charge in [0.1, 0.15) is 5.69 Å². The summed E-state index contributed by atoms with van der Waals surface area (Å²) in [5.41, 5.74) is 1.02. The molecule has 0 saturated carbocycles. The zero-order valence-corrected chi connectivity index (χ0v) is 9.88. The Kier molecular flexibility index (Phi) is 3.15. The number of hydrogen-bond donors (Lipinski definition) is 1. The van der Waals surface area contributed by atoms with Gasteiger partial charge in [0.15, 0.2) is 6.29 Å². The molecule has 0 spiro atoms. The molecule has 0 radical (unpaired) electrons. The topological polar surface area (TPSA) is 59.2 Å². The SMILES string of the molecule is CCOC(=O)c1[nH]c2cccc(Cl)c2c1C=O. The van der Waals surface area contributed by atoms with Crippen LogP contribution in [0.2, 0.25) is 5.02 Å². The monoisotopic (exact) mass is 251 g/mol. The fraction of sp³-hybridized carbons (Fsp3) is 0.167. The maximum absolute atomic E-state index is 11.6. The van der Waals surface area contributed by atoms with Gasteiger partial charge in [-0.15, -0.1) is 0 Å². The zero-order valence-electron chi connectivity index (χ0n) is 9.12. The average molecular weight is 252 g/mol. The van der Waals surface area contributed by atoms with Crippen LogP contribution in [-0.2, 0) is 4.74 Å². The van der Waals surface area contributed by atoms with Crippen LogP contribution >= 0.6 is 11.6 Å².